The molecule has 0 amide bonds. The highest BCUT2D eigenvalue weighted by atomic mass is 32.1. The molecule has 0 spiro atoms. The molecule has 1 fully saturated rings. The molecule has 1 aromatic rings. The van der Waals surface area contributed by atoms with Crippen molar-refractivity contribution < 1.29 is 5.11 Å². The van der Waals surface area contributed by atoms with Crippen molar-refractivity contribution in [1.29, 1.82) is 0 Å². The van der Waals surface area contributed by atoms with Crippen LogP contribution in [0.15, 0.2) is 17.5 Å². The molecule has 14 heavy (non-hydrogen) atoms. The van der Waals surface area contributed by atoms with E-state index in [0.717, 1.165) is 17.8 Å². The zero-order chi connectivity index (χ0) is 10.0. The fourth-order valence-electron chi connectivity index (χ4n) is 2.07. The van der Waals surface area contributed by atoms with E-state index in [1.807, 2.05) is 24.4 Å². The summed E-state index contributed by atoms with van der Waals surface area (Å²) in [5, 5.41) is 15.9. The van der Waals surface area contributed by atoms with Crippen molar-refractivity contribution in [2.45, 2.75) is 37.8 Å². The minimum absolute atomic E-state index is 0.218. The van der Waals surface area contributed by atoms with E-state index in [9.17, 15) is 5.11 Å². The molecule has 0 aliphatic carbocycles. The van der Waals surface area contributed by atoms with E-state index in [-0.39, 0.29) is 6.04 Å². The van der Waals surface area contributed by atoms with Crippen molar-refractivity contribution in [3.8, 4) is 0 Å². The Morgan fingerprint density at radius 1 is 1.57 bits per heavy atom. The first-order valence-corrected chi connectivity index (χ1v) is 6.09. The van der Waals surface area contributed by atoms with Gasteiger partial charge in [0.2, 0.25) is 0 Å². The molecule has 0 radical (unpaired) electrons. The van der Waals surface area contributed by atoms with E-state index >= 15 is 0 Å². The summed E-state index contributed by atoms with van der Waals surface area (Å²) < 4.78 is 0. The van der Waals surface area contributed by atoms with E-state index < -0.39 is 5.60 Å². The number of rotatable bonds is 2. The fraction of sp³-hybridized carbons (Fsp3) is 0.636. The van der Waals surface area contributed by atoms with Gasteiger partial charge in [0.25, 0.3) is 0 Å². The third-order valence-corrected chi connectivity index (χ3v) is 4.11. The summed E-state index contributed by atoms with van der Waals surface area (Å²) >= 11 is 1.63. The predicted octanol–water partition coefficient (Wildman–Crippen LogP) is 2.10. The molecule has 2 atom stereocenters. The van der Waals surface area contributed by atoms with Crippen LogP contribution in [0, 0.1) is 0 Å². The number of piperidine rings is 1. The summed E-state index contributed by atoms with van der Waals surface area (Å²) in [6.45, 7) is 2.95. The largest absolute Gasteiger partial charge is 0.383 e. The van der Waals surface area contributed by atoms with E-state index in [0.29, 0.717) is 0 Å². The van der Waals surface area contributed by atoms with Gasteiger partial charge in [0, 0.05) is 10.9 Å². The zero-order valence-corrected chi connectivity index (χ0v) is 9.31. The second-order valence-electron chi connectivity index (χ2n) is 4.13. The van der Waals surface area contributed by atoms with Crippen LogP contribution in [0.25, 0.3) is 0 Å². The van der Waals surface area contributed by atoms with Gasteiger partial charge < -0.3 is 10.4 Å². The average Bonchev–Trinajstić information content (AvgIpc) is 2.72. The highest BCUT2D eigenvalue weighted by Crippen LogP contribution is 2.31. The molecule has 2 unspecified atom stereocenters. The van der Waals surface area contributed by atoms with E-state index in [1.165, 1.54) is 12.8 Å². The molecular weight excluding hydrogens is 194 g/mol. The molecule has 0 bridgehead atoms. The molecule has 1 aromatic heterocycles. The van der Waals surface area contributed by atoms with Gasteiger partial charge in [-0.25, -0.2) is 0 Å². The first-order valence-electron chi connectivity index (χ1n) is 5.21. The van der Waals surface area contributed by atoms with Gasteiger partial charge in [-0.2, -0.15) is 0 Å². The van der Waals surface area contributed by atoms with Gasteiger partial charge in [0.1, 0.15) is 5.60 Å². The summed E-state index contributed by atoms with van der Waals surface area (Å²) in [6.07, 6.45) is 3.53. The lowest BCUT2D eigenvalue weighted by Crippen LogP contribution is -2.48. The monoisotopic (exact) mass is 211 g/mol. The standard InChI is InChI=1S/C11H17NOS/c1-11(13,10-6-4-8-14-10)9-5-2-3-7-12-9/h4,6,8-9,12-13H,2-3,5,7H2,1H3. The van der Waals surface area contributed by atoms with E-state index in [1.54, 1.807) is 11.3 Å². The Labute approximate surface area is 89.0 Å². The first kappa shape index (κ1) is 10.1. The quantitative estimate of drug-likeness (QED) is 0.785. The minimum Gasteiger partial charge on any atom is -0.383 e. The molecule has 0 saturated carbocycles. The smallest absolute Gasteiger partial charge is 0.111 e. The SMILES string of the molecule is CC(O)(c1cccs1)C1CCCCN1. The Balaban J connectivity index is 2.14. The van der Waals surface area contributed by atoms with Gasteiger partial charge in [0.05, 0.1) is 0 Å². The maximum atomic E-state index is 10.4. The lowest BCUT2D eigenvalue weighted by Gasteiger charge is -2.35. The maximum Gasteiger partial charge on any atom is 0.111 e. The summed E-state index contributed by atoms with van der Waals surface area (Å²) in [5.41, 5.74) is -0.700. The van der Waals surface area contributed by atoms with Gasteiger partial charge in [-0.3, -0.25) is 0 Å². The number of nitrogens with one attached hydrogen (secondary N) is 1. The Morgan fingerprint density at radius 2 is 2.43 bits per heavy atom. The summed E-state index contributed by atoms with van der Waals surface area (Å²) in [5.74, 6) is 0. The third-order valence-electron chi connectivity index (χ3n) is 3.01. The Hall–Kier alpha value is -0.380. The number of hydrogen-bond acceptors (Lipinski definition) is 3. The average molecular weight is 211 g/mol. The maximum absolute atomic E-state index is 10.4. The van der Waals surface area contributed by atoms with Crippen LogP contribution in [0.5, 0.6) is 0 Å². The highest BCUT2D eigenvalue weighted by Gasteiger charge is 2.34. The first-order chi connectivity index (χ1) is 6.71. The van der Waals surface area contributed by atoms with Crippen molar-refractivity contribution in [2.75, 3.05) is 6.54 Å². The molecule has 78 valence electrons. The zero-order valence-electron chi connectivity index (χ0n) is 8.49. The van der Waals surface area contributed by atoms with Crippen LogP contribution < -0.4 is 5.32 Å². The topological polar surface area (TPSA) is 32.3 Å². The minimum atomic E-state index is -0.700. The van der Waals surface area contributed by atoms with Gasteiger partial charge in [-0.05, 0) is 37.8 Å². The van der Waals surface area contributed by atoms with Crippen LogP contribution in [-0.2, 0) is 5.60 Å². The van der Waals surface area contributed by atoms with Crippen molar-refractivity contribution in [3.05, 3.63) is 22.4 Å². The van der Waals surface area contributed by atoms with Crippen LogP contribution in [0.2, 0.25) is 0 Å². The lowest BCUT2D eigenvalue weighted by atomic mass is 9.88. The van der Waals surface area contributed by atoms with Gasteiger partial charge in [-0.1, -0.05) is 12.5 Å². The van der Waals surface area contributed by atoms with Crippen LogP contribution >= 0.6 is 11.3 Å². The van der Waals surface area contributed by atoms with Crippen LogP contribution in [0.4, 0.5) is 0 Å². The molecule has 2 rings (SSSR count). The Bertz CT molecular complexity index is 275. The molecule has 1 aliphatic heterocycles. The van der Waals surface area contributed by atoms with Crippen molar-refractivity contribution in [3.63, 3.8) is 0 Å². The molecule has 1 saturated heterocycles. The number of thiophene rings is 1. The van der Waals surface area contributed by atoms with Gasteiger partial charge >= 0.3 is 0 Å². The fourth-order valence-corrected chi connectivity index (χ4v) is 2.91. The summed E-state index contributed by atoms with van der Waals surface area (Å²) in [7, 11) is 0. The van der Waals surface area contributed by atoms with E-state index in [4.69, 9.17) is 0 Å². The number of hydrogen-bond donors (Lipinski definition) is 2. The molecule has 2 N–H and O–H groups in total. The van der Waals surface area contributed by atoms with E-state index in [2.05, 4.69) is 5.32 Å². The van der Waals surface area contributed by atoms with Gasteiger partial charge in [-0.15, -0.1) is 11.3 Å². The Morgan fingerprint density at radius 3 is 3.00 bits per heavy atom. The van der Waals surface area contributed by atoms with Crippen molar-refractivity contribution >= 4 is 11.3 Å². The molecular formula is C11H17NOS. The summed E-state index contributed by atoms with van der Waals surface area (Å²) in [4.78, 5) is 1.07. The normalized spacial score (nSPS) is 27.1. The summed E-state index contributed by atoms with van der Waals surface area (Å²) in [6, 6.07) is 4.23. The second-order valence-corrected chi connectivity index (χ2v) is 5.08. The highest BCUT2D eigenvalue weighted by molar-refractivity contribution is 7.10. The molecule has 2 nitrogen and oxygen atoms in total. The van der Waals surface area contributed by atoms with Crippen molar-refractivity contribution in [1.82, 2.24) is 5.32 Å². The predicted molar refractivity (Wildman–Crippen MR) is 59.5 cm³/mol. The van der Waals surface area contributed by atoms with Crippen LogP contribution in [0.3, 0.4) is 0 Å². The second kappa shape index (κ2) is 4.01. The molecule has 2 heterocycles. The number of aliphatic hydroxyl groups is 1. The van der Waals surface area contributed by atoms with Gasteiger partial charge in [0.15, 0.2) is 0 Å². The van der Waals surface area contributed by atoms with Crippen molar-refractivity contribution in [2.24, 2.45) is 0 Å². The van der Waals surface area contributed by atoms with Crippen LogP contribution in [-0.4, -0.2) is 17.7 Å². The third kappa shape index (κ3) is 1.85. The molecule has 1 aliphatic rings. The van der Waals surface area contributed by atoms with Crippen LogP contribution in [0.1, 0.15) is 31.1 Å². The Kier molecular flexibility index (Phi) is 2.91. The molecule has 0 aromatic carbocycles. The molecule has 3 heteroatoms. The lowest BCUT2D eigenvalue weighted by molar-refractivity contribution is 0.00903.